The van der Waals surface area contributed by atoms with E-state index in [1.165, 1.54) is 45.3 Å². The Morgan fingerprint density at radius 2 is 1.95 bits per heavy atom. The lowest BCUT2D eigenvalue weighted by molar-refractivity contribution is 0.00781. The SMILES string of the molecule is CC(C)CN(C(C)C)C1(CN)CCN2CCCCC21. The first-order chi connectivity index (χ1) is 9.01. The van der Waals surface area contributed by atoms with Crippen LogP contribution in [0.15, 0.2) is 0 Å². The van der Waals surface area contributed by atoms with Crippen molar-refractivity contribution in [2.45, 2.75) is 71.0 Å². The number of nitrogens with zero attached hydrogens (tertiary/aromatic N) is 2. The van der Waals surface area contributed by atoms with E-state index in [4.69, 9.17) is 5.73 Å². The fourth-order valence-corrected chi connectivity index (χ4v) is 4.36. The Morgan fingerprint density at radius 1 is 1.21 bits per heavy atom. The average Bonchev–Trinajstić information content (AvgIpc) is 2.75. The Hall–Kier alpha value is -0.120. The highest BCUT2D eigenvalue weighted by Crippen LogP contribution is 2.40. The van der Waals surface area contributed by atoms with Crippen LogP contribution in [0.5, 0.6) is 0 Å². The largest absolute Gasteiger partial charge is 0.329 e. The number of piperidine rings is 1. The molecule has 2 aliphatic heterocycles. The molecule has 0 aromatic heterocycles. The van der Waals surface area contributed by atoms with E-state index in [0.717, 1.165) is 6.54 Å². The van der Waals surface area contributed by atoms with Crippen molar-refractivity contribution in [2.24, 2.45) is 11.7 Å². The molecule has 0 spiro atoms. The maximum atomic E-state index is 6.32. The van der Waals surface area contributed by atoms with Gasteiger partial charge in [0.05, 0.1) is 5.54 Å². The first-order valence-electron chi connectivity index (χ1n) is 8.22. The Morgan fingerprint density at radius 3 is 2.53 bits per heavy atom. The molecule has 2 heterocycles. The lowest BCUT2D eigenvalue weighted by Crippen LogP contribution is -2.64. The second-order valence-corrected chi connectivity index (χ2v) is 7.25. The monoisotopic (exact) mass is 267 g/mol. The topological polar surface area (TPSA) is 32.5 Å². The lowest BCUT2D eigenvalue weighted by atomic mass is 9.82. The quantitative estimate of drug-likeness (QED) is 0.829. The van der Waals surface area contributed by atoms with Gasteiger partial charge in [0.15, 0.2) is 0 Å². The Bertz CT molecular complexity index is 290. The van der Waals surface area contributed by atoms with Crippen molar-refractivity contribution in [2.75, 3.05) is 26.2 Å². The number of hydrogen-bond acceptors (Lipinski definition) is 3. The molecule has 2 aliphatic rings. The highest BCUT2D eigenvalue weighted by atomic mass is 15.3. The van der Waals surface area contributed by atoms with Crippen LogP contribution in [0.1, 0.15) is 53.4 Å². The molecule has 0 aromatic carbocycles. The molecule has 112 valence electrons. The summed E-state index contributed by atoms with van der Waals surface area (Å²) in [5.41, 5.74) is 6.56. The van der Waals surface area contributed by atoms with Crippen LogP contribution in [-0.2, 0) is 0 Å². The zero-order valence-corrected chi connectivity index (χ0v) is 13.4. The van der Waals surface area contributed by atoms with E-state index in [0.29, 0.717) is 18.0 Å². The highest BCUT2D eigenvalue weighted by molar-refractivity contribution is 5.09. The fourth-order valence-electron chi connectivity index (χ4n) is 4.36. The molecule has 3 nitrogen and oxygen atoms in total. The molecule has 2 unspecified atom stereocenters. The minimum atomic E-state index is 0.235. The average molecular weight is 267 g/mol. The van der Waals surface area contributed by atoms with Gasteiger partial charge >= 0.3 is 0 Å². The molecule has 0 radical (unpaired) electrons. The molecule has 2 saturated heterocycles. The van der Waals surface area contributed by atoms with Gasteiger partial charge in [0.2, 0.25) is 0 Å². The predicted molar refractivity (Wildman–Crippen MR) is 82.3 cm³/mol. The van der Waals surface area contributed by atoms with Gasteiger partial charge in [-0.25, -0.2) is 0 Å². The second-order valence-electron chi connectivity index (χ2n) is 7.25. The third kappa shape index (κ3) is 2.84. The Kier molecular flexibility index (Phi) is 4.91. The van der Waals surface area contributed by atoms with E-state index in [-0.39, 0.29) is 5.54 Å². The second kappa shape index (κ2) is 6.11. The minimum absolute atomic E-state index is 0.235. The maximum Gasteiger partial charge on any atom is 0.0501 e. The third-order valence-electron chi connectivity index (χ3n) is 5.18. The smallest absolute Gasteiger partial charge is 0.0501 e. The third-order valence-corrected chi connectivity index (χ3v) is 5.18. The summed E-state index contributed by atoms with van der Waals surface area (Å²) in [6, 6.07) is 1.29. The summed E-state index contributed by atoms with van der Waals surface area (Å²) < 4.78 is 0. The van der Waals surface area contributed by atoms with Gasteiger partial charge in [0.1, 0.15) is 0 Å². The van der Waals surface area contributed by atoms with Crippen molar-refractivity contribution in [3.63, 3.8) is 0 Å². The lowest BCUT2D eigenvalue weighted by Gasteiger charge is -2.50. The van der Waals surface area contributed by atoms with Gasteiger partial charge in [-0.2, -0.15) is 0 Å². The van der Waals surface area contributed by atoms with Gasteiger partial charge in [-0.3, -0.25) is 9.80 Å². The molecule has 0 aliphatic carbocycles. The standard InChI is InChI=1S/C16H33N3/c1-13(2)11-19(14(3)4)16(12-17)8-10-18-9-6-5-7-15(16)18/h13-15H,5-12,17H2,1-4H3. The van der Waals surface area contributed by atoms with Gasteiger partial charge in [0.25, 0.3) is 0 Å². The van der Waals surface area contributed by atoms with Gasteiger partial charge in [-0.05, 0) is 45.6 Å². The van der Waals surface area contributed by atoms with E-state index < -0.39 is 0 Å². The van der Waals surface area contributed by atoms with Crippen molar-refractivity contribution in [1.82, 2.24) is 9.80 Å². The van der Waals surface area contributed by atoms with Gasteiger partial charge in [0, 0.05) is 31.7 Å². The normalized spacial score (nSPS) is 32.5. The molecule has 2 rings (SSSR count). The van der Waals surface area contributed by atoms with Gasteiger partial charge in [-0.15, -0.1) is 0 Å². The molecule has 3 heteroatoms. The summed E-state index contributed by atoms with van der Waals surface area (Å²) in [7, 11) is 0. The van der Waals surface area contributed by atoms with Crippen LogP contribution in [-0.4, -0.2) is 53.6 Å². The molecular weight excluding hydrogens is 234 g/mol. The van der Waals surface area contributed by atoms with Gasteiger partial charge in [-0.1, -0.05) is 20.3 Å². The van der Waals surface area contributed by atoms with Crippen LogP contribution in [0, 0.1) is 5.92 Å². The summed E-state index contributed by atoms with van der Waals surface area (Å²) >= 11 is 0. The van der Waals surface area contributed by atoms with Crippen LogP contribution in [0.2, 0.25) is 0 Å². The number of fused-ring (bicyclic) bond motifs is 1. The highest BCUT2D eigenvalue weighted by Gasteiger charge is 2.51. The number of nitrogens with two attached hydrogens (primary N) is 1. The zero-order chi connectivity index (χ0) is 14.0. The van der Waals surface area contributed by atoms with E-state index in [1.54, 1.807) is 0 Å². The molecule has 19 heavy (non-hydrogen) atoms. The zero-order valence-electron chi connectivity index (χ0n) is 13.4. The summed E-state index contributed by atoms with van der Waals surface area (Å²) in [5, 5.41) is 0. The molecule has 0 aromatic rings. The summed E-state index contributed by atoms with van der Waals surface area (Å²) in [5.74, 6) is 0.712. The van der Waals surface area contributed by atoms with E-state index in [9.17, 15) is 0 Å². The molecule has 0 amide bonds. The van der Waals surface area contributed by atoms with Crippen LogP contribution < -0.4 is 5.73 Å². The molecule has 2 fully saturated rings. The Balaban J connectivity index is 2.24. The van der Waals surface area contributed by atoms with Crippen LogP contribution in [0.25, 0.3) is 0 Å². The summed E-state index contributed by atoms with van der Waals surface area (Å²) in [6.07, 6.45) is 5.37. The van der Waals surface area contributed by atoms with E-state index in [2.05, 4.69) is 37.5 Å². The van der Waals surface area contributed by atoms with Crippen molar-refractivity contribution >= 4 is 0 Å². The molecule has 0 bridgehead atoms. The first-order valence-corrected chi connectivity index (χ1v) is 8.22. The fraction of sp³-hybridized carbons (Fsp3) is 1.00. The molecule has 0 saturated carbocycles. The first kappa shape index (κ1) is 15.3. The maximum absolute atomic E-state index is 6.32. The van der Waals surface area contributed by atoms with Crippen molar-refractivity contribution < 1.29 is 0 Å². The van der Waals surface area contributed by atoms with Gasteiger partial charge < -0.3 is 5.73 Å². The molecule has 2 atom stereocenters. The van der Waals surface area contributed by atoms with Crippen LogP contribution in [0.4, 0.5) is 0 Å². The van der Waals surface area contributed by atoms with Crippen LogP contribution in [0.3, 0.4) is 0 Å². The Labute approximate surface area is 119 Å². The number of rotatable bonds is 5. The van der Waals surface area contributed by atoms with Crippen molar-refractivity contribution in [3.05, 3.63) is 0 Å². The van der Waals surface area contributed by atoms with E-state index >= 15 is 0 Å². The summed E-state index contributed by atoms with van der Waals surface area (Å²) in [4.78, 5) is 5.44. The van der Waals surface area contributed by atoms with Crippen molar-refractivity contribution in [3.8, 4) is 0 Å². The molecular formula is C16H33N3. The predicted octanol–water partition coefficient (Wildman–Crippen LogP) is 2.31. The van der Waals surface area contributed by atoms with E-state index in [1.807, 2.05) is 0 Å². The summed E-state index contributed by atoms with van der Waals surface area (Å²) in [6.45, 7) is 13.9. The minimum Gasteiger partial charge on any atom is -0.329 e. The van der Waals surface area contributed by atoms with Crippen molar-refractivity contribution in [1.29, 1.82) is 0 Å². The molecule has 2 N–H and O–H groups in total. The van der Waals surface area contributed by atoms with Crippen LogP contribution >= 0.6 is 0 Å². The number of hydrogen-bond donors (Lipinski definition) is 1.